The first-order chi connectivity index (χ1) is 7.74. The van der Waals surface area contributed by atoms with E-state index in [1.165, 1.54) is 6.07 Å². The van der Waals surface area contributed by atoms with Crippen LogP contribution in [0.4, 0.5) is 4.39 Å². The molecule has 16 heavy (non-hydrogen) atoms. The summed E-state index contributed by atoms with van der Waals surface area (Å²) in [6, 6.07) is 1.43. The van der Waals surface area contributed by atoms with Gasteiger partial charge >= 0.3 is 0 Å². The Balaban J connectivity index is 2.38. The second kappa shape index (κ2) is 4.74. The minimum Gasteiger partial charge on any atom is -0.303 e. The summed E-state index contributed by atoms with van der Waals surface area (Å²) in [6.07, 6.45) is 4.16. The number of nitrogens with zero attached hydrogens (tertiary/aromatic N) is 1. The molecule has 0 aliphatic carbocycles. The topological polar surface area (TPSA) is 45.8 Å². The second-order valence-corrected chi connectivity index (χ2v) is 4.33. The van der Waals surface area contributed by atoms with Crippen LogP contribution in [0.5, 0.6) is 0 Å². The largest absolute Gasteiger partial charge is 0.303 e. The number of carbonyl (C=O) groups excluding carboxylic acids is 1. The summed E-state index contributed by atoms with van der Waals surface area (Å²) < 4.78 is 14.4. The maximum absolute atomic E-state index is 13.7. The molecular weight excluding hydrogens is 275 g/mol. The van der Waals surface area contributed by atoms with Crippen LogP contribution in [0.2, 0.25) is 0 Å². The van der Waals surface area contributed by atoms with Crippen LogP contribution >= 0.6 is 15.9 Å². The lowest BCUT2D eigenvalue weighted by Crippen LogP contribution is -1.94. The van der Waals surface area contributed by atoms with Crippen LogP contribution in [0.25, 0.3) is 10.9 Å². The molecule has 0 atom stereocenters. The van der Waals surface area contributed by atoms with Crippen molar-refractivity contribution >= 4 is 33.1 Å². The van der Waals surface area contributed by atoms with Crippen LogP contribution in [0.1, 0.15) is 18.4 Å². The maximum Gasteiger partial charge on any atom is 0.129 e. The van der Waals surface area contributed by atoms with Crippen molar-refractivity contribution in [3.63, 3.8) is 0 Å². The third kappa shape index (κ3) is 2.00. The highest BCUT2D eigenvalue weighted by atomic mass is 79.9. The number of fused-ring (bicyclic) bond motifs is 1. The van der Waals surface area contributed by atoms with Gasteiger partial charge in [0, 0.05) is 21.8 Å². The van der Waals surface area contributed by atoms with Gasteiger partial charge in [-0.1, -0.05) is 0 Å². The molecule has 0 radical (unpaired) electrons. The van der Waals surface area contributed by atoms with Gasteiger partial charge < -0.3 is 4.79 Å². The number of hydrogen-bond donors (Lipinski definition) is 1. The Labute approximate surface area is 100 Å². The van der Waals surface area contributed by atoms with Gasteiger partial charge in [-0.25, -0.2) is 4.39 Å². The van der Waals surface area contributed by atoms with Crippen molar-refractivity contribution in [3.05, 3.63) is 28.1 Å². The number of H-pyrrole nitrogens is 1. The van der Waals surface area contributed by atoms with Crippen molar-refractivity contribution in [2.24, 2.45) is 0 Å². The Bertz CT molecular complexity index is 524. The van der Waals surface area contributed by atoms with Gasteiger partial charge in [0.05, 0.1) is 11.7 Å². The monoisotopic (exact) mass is 284 g/mol. The zero-order chi connectivity index (χ0) is 11.5. The zero-order valence-corrected chi connectivity index (χ0v) is 10.1. The van der Waals surface area contributed by atoms with Gasteiger partial charge in [-0.15, -0.1) is 0 Å². The van der Waals surface area contributed by atoms with Crippen LogP contribution in [0.3, 0.4) is 0 Å². The number of nitrogens with one attached hydrogen (secondary N) is 1. The summed E-state index contributed by atoms with van der Waals surface area (Å²) in [5, 5.41) is 7.45. The SMILES string of the molecule is O=CCCCc1c(F)cc2[nH]ncc2c1Br. The quantitative estimate of drug-likeness (QED) is 0.693. The number of aldehydes is 1. The average Bonchev–Trinajstić information content (AvgIpc) is 2.71. The molecule has 0 unspecified atom stereocenters. The first-order valence-corrected chi connectivity index (χ1v) is 5.77. The van der Waals surface area contributed by atoms with Crippen molar-refractivity contribution < 1.29 is 9.18 Å². The van der Waals surface area contributed by atoms with Crippen LogP contribution < -0.4 is 0 Å². The summed E-state index contributed by atoms with van der Waals surface area (Å²) >= 11 is 3.38. The summed E-state index contributed by atoms with van der Waals surface area (Å²) in [5.74, 6) is -0.269. The molecule has 0 fully saturated rings. The normalized spacial score (nSPS) is 10.9. The molecule has 2 aromatic rings. The smallest absolute Gasteiger partial charge is 0.129 e. The molecule has 1 aromatic heterocycles. The number of unbranched alkanes of at least 4 members (excludes halogenated alkanes) is 1. The Morgan fingerprint density at radius 3 is 3.12 bits per heavy atom. The van der Waals surface area contributed by atoms with Crippen molar-refractivity contribution in [3.8, 4) is 0 Å². The van der Waals surface area contributed by atoms with Crippen molar-refractivity contribution in [1.29, 1.82) is 0 Å². The molecule has 2 rings (SSSR count). The molecular formula is C11H10BrFN2O. The number of hydrogen-bond acceptors (Lipinski definition) is 2. The van der Waals surface area contributed by atoms with Crippen LogP contribution in [0.15, 0.2) is 16.7 Å². The summed E-state index contributed by atoms with van der Waals surface area (Å²) in [4.78, 5) is 10.2. The minimum absolute atomic E-state index is 0.269. The molecule has 0 spiro atoms. The fraction of sp³-hybridized carbons (Fsp3) is 0.273. The van der Waals surface area contributed by atoms with E-state index >= 15 is 0 Å². The molecule has 0 saturated carbocycles. The van der Waals surface area contributed by atoms with E-state index in [9.17, 15) is 9.18 Å². The van der Waals surface area contributed by atoms with E-state index < -0.39 is 0 Å². The lowest BCUT2D eigenvalue weighted by atomic mass is 10.1. The number of aromatic amines is 1. The lowest BCUT2D eigenvalue weighted by molar-refractivity contribution is -0.107. The van der Waals surface area contributed by atoms with E-state index in [0.717, 1.165) is 16.1 Å². The summed E-state index contributed by atoms with van der Waals surface area (Å²) in [7, 11) is 0. The fourth-order valence-corrected chi connectivity index (χ4v) is 2.36. The number of rotatable bonds is 4. The molecule has 0 bridgehead atoms. The van der Waals surface area contributed by atoms with Gasteiger partial charge in [0.2, 0.25) is 0 Å². The number of aromatic nitrogens is 2. The van der Waals surface area contributed by atoms with Crippen molar-refractivity contribution in [2.75, 3.05) is 0 Å². The summed E-state index contributed by atoms with van der Waals surface area (Å²) in [5.41, 5.74) is 1.28. The van der Waals surface area contributed by atoms with Crippen LogP contribution in [-0.2, 0) is 11.2 Å². The third-order valence-corrected chi connectivity index (χ3v) is 3.38. The molecule has 3 nitrogen and oxygen atoms in total. The molecule has 0 aliphatic heterocycles. The fourth-order valence-electron chi connectivity index (χ4n) is 1.65. The van der Waals surface area contributed by atoms with Gasteiger partial charge in [0.15, 0.2) is 0 Å². The van der Waals surface area contributed by atoms with Gasteiger partial charge in [0.25, 0.3) is 0 Å². The lowest BCUT2D eigenvalue weighted by Gasteiger charge is -2.06. The highest BCUT2D eigenvalue weighted by Gasteiger charge is 2.12. The maximum atomic E-state index is 13.7. The first kappa shape index (κ1) is 11.3. The minimum atomic E-state index is -0.269. The Morgan fingerprint density at radius 1 is 1.56 bits per heavy atom. The van der Waals surface area contributed by atoms with Crippen LogP contribution in [0, 0.1) is 5.82 Å². The van der Waals surface area contributed by atoms with E-state index in [1.807, 2.05) is 0 Å². The molecule has 1 N–H and O–H groups in total. The first-order valence-electron chi connectivity index (χ1n) is 4.97. The summed E-state index contributed by atoms with van der Waals surface area (Å²) in [6.45, 7) is 0. The van der Waals surface area contributed by atoms with Gasteiger partial charge in [0.1, 0.15) is 12.1 Å². The molecule has 0 amide bonds. The number of carbonyl (C=O) groups is 1. The highest BCUT2D eigenvalue weighted by molar-refractivity contribution is 9.10. The molecule has 84 valence electrons. The predicted octanol–water partition coefficient (Wildman–Crippen LogP) is 2.99. The molecule has 1 heterocycles. The van der Waals surface area contributed by atoms with E-state index in [1.54, 1.807) is 6.20 Å². The van der Waals surface area contributed by atoms with Gasteiger partial charge in [-0.3, -0.25) is 5.10 Å². The predicted molar refractivity (Wildman–Crippen MR) is 62.8 cm³/mol. The highest BCUT2D eigenvalue weighted by Crippen LogP contribution is 2.29. The van der Waals surface area contributed by atoms with Crippen molar-refractivity contribution in [2.45, 2.75) is 19.3 Å². The van der Waals surface area contributed by atoms with E-state index in [4.69, 9.17) is 0 Å². The number of halogens is 2. The van der Waals surface area contributed by atoms with E-state index in [-0.39, 0.29) is 5.82 Å². The third-order valence-electron chi connectivity index (χ3n) is 2.48. The standard InChI is InChI=1S/C11H10BrFN2O/c12-11-7(3-1-2-4-16)9(13)5-10-8(11)6-14-15-10/h4-6H,1-3H2,(H,14,15). The number of benzene rings is 1. The molecule has 0 aliphatic rings. The van der Waals surface area contributed by atoms with Crippen molar-refractivity contribution in [1.82, 2.24) is 10.2 Å². The second-order valence-electron chi connectivity index (χ2n) is 3.54. The average molecular weight is 285 g/mol. The Kier molecular flexibility index (Phi) is 3.33. The van der Waals surface area contributed by atoms with Crippen LogP contribution in [-0.4, -0.2) is 16.5 Å². The molecule has 5 heteroatoms. The molecule has 1 aromatic carbocycles. The van der Waals surface area contributed by atoms with E-state index in [2.05, 4.69) is 26.1 Å². The van der Waals surface area contributed by atoms with Gasteiger partial charge in [-0.2, -0.15) is 5.10 Å². The van der Waals surface area contributed by atoms with E-state index in [0.29, 0.717) is 30.3 Å². The van der Waals surface area contributed by atoms with Gasteiger partial charge in [-0.05, 0) is 34.8 Å². The zero-order valence-electron chi connectivity index (χ0n) is 8.46. The Hall–Kier alpha value is -1.23. The Morgan fingerprint density at radius 2 is 2.38 bits per heavy atom. The molecule has 0 saturated heterocycles.